The maximum Gasteiger partial charge on any atom is 0.150 e. The number of anilines is 1. The average Bonchev–Trinajstić information content (AvgIpc) is 2.46. The number of nitrogens with zero attached hydrogens (tertiary/aromatic N) is 2. The number of halogens is 2. The van der Waals surface area contributed by atoms with Gasteiger partial charge in [-0.1, -0.05) is 30.3 Å². The molecule has 0 aliphatic carbocycles. The fourth-order valence-electron chi connectivity index (χ4n) is 2.08. The summed E-state index contributed by atoms with van der Waals surface area (Å²) in [5, 5.41) is 8.71. The van der Waals surface area contributed by atoms with Crippen LogP contribution in [-0.4, -0.2) is 6.54 Å². The highest BCUT2D eigenvalue weighted by atomic mass is 19.1. The first-order valence-corrected chi connectivity index (χ1v) is 6.33. The van der Waals surface area contributed by atoms with Gasteiger partial charge in [-0.25, -0.2) is 8.78 Å². The van der Waals surface area contributed by atoms with E-state index in [1.807, 2.05) is 37.3 Å². The van der Waals surface area contributed by atoms with Gasteiger partial charge in [-0.2, -0.15) is 5.26 Å². The summed E-state index contributed by atoms with van der Waals surface area (Å²) < 4.78 is 28.0. The third kappa shape index (κ3) is 2.94. The molecule has 0 heterocycles. The van der Waals surface area contributed by atoms with Gasteiger partial charge in [-0.15, -0.1) is 0 Å². The molecule has 0 atom stereocenters. The first-order chi connectivity index (χ1) is 9.65. The second-order valence-electron chi connectivity index (χ2n) is 4.40. The van der Waals surface area contributed by atoms with Gasteiger partial charge in [0.1, 0.15) is 5.69 Å². The van der Waals surface area contributed by atoms with Crippen LogP contribution >= 0.6 is 0 Å². The van der Waals surface area contributed by atoms with E-state index in [1.54, 1.807) is 11.0 Å². The maximum absolute atomic E-state index is 14.0. The summed E-state index contributed by atoms with van der Waals surface area (Å²) in [6.07, 6.45) is 0. The second-order valence-corrected chi connectivity index (χ2v) is 4.40. The molecule has 4 heteroatoms. The number of nitriles is 1. The van der Waals surface area contributed by atoms with Gasteiger partial charge in [-0.05, 0) is 24.6 Å². The van der Waals surface area contributed by atoms with E-state index < -0.39 is 11.6 Å². The van der Waals surface area contributed by atoms with E-state index in [0.29, 0.717) is 13.1 Å². The van der Waals surface area contributed by atoms with Crippen molar-refractivity contribution in [2.45, 2.75) is 13.5 Å². The third-order valence-electron chi connectivity index (χ3n) is 3.06. The molecule has 0 aliphatic rings. The number of benzene rings is 2. The van der Waals surface area contributed by atoms with Crippen LogP contribution in [0.3, 0.4) is 0 Å². The van der Waals surface area contributed by atoms with Crippen LogP contribution in [0.15, 0.2) is 42.5 Å². The van der Waals surface area contributed by atoms with Gasteiger partial charge in [0.25, 0.3) is 0 Å². The summed E-state index contributed by atoms with van der Waals surface area (Å²) in [7, 11) is 0. The molecule has 0 fully saturated rings. The number of hydrogen-bond donors (Lipinski definition) is 0. The Morgan fingerprint density at radius 2 is 1.70 bits per heavy atom. The topological polar surface area (TPSA) is 27.0 Å². The molecule has 2 aromatic rings. The highest BCUT2D eigenvalue weighted by molar-refractivity contribution is 5.53. The van der Waals surface area contributed by atoms with Gasteiger partial charge in [0.2, 0.25) is 0 Å². The summed E-state index contributed by atoms with van der Waals surface area (Å²) >= 11 is 0. The van der Waals surface area contributed by atoms with Crippen molar-refractivity contribution in [3.63, 3.8) is 0 Å². The molecule has 20 heavy (non-hydrogen) atoms. The van der Waals surface area contributed by atoms with Crippen LogP contribution in [0, 0.1) is 23.0 Å². The molecule has 0 radical (unpaired) electrons. The van der Waals surface area contributed by atoms with E-state index in [9.17, 15) is 8.78 Å². The molecule has 0 N–H and O–H groups in total. The van der Waals surface area contributed by atoms with E-state index in [2.05, 4.69) is 0 Å². The molecule has 2 nitrogen and oxygen atoms in total. The first kappa shape index (κ1) is 14.0. The molecule has 0 saturated heterocycles. The van der Waals surface area contributed by atoms with Crippen LogP contribution in [-0.2, 0) is 6.54 Å². The molecule has 2 aromatic carbocycles. The fourth-order valence-corrected chi connectivity index (χ4v) is 2.08. The molecule has 102 valence electrons. The van der Waals surface area contributed by atoms with Crippen LogP contribution in [0.1, 0.15) is 18.1 Å². The Morgan fingerprint density at radius 3 is 2.20 bits per heavy atom. The molecule has 0 unspecified atom stereocenters. The minimum absolute atomic E-state index is 0.0143. The lowest BCUT2D eigenvalue weighted by Crippen LogP contribution is -2.24. The normalized spacial score (nSPS) is 10.1. The van der Waals surface area contributed by atoms with Crippen molar-refractivity contribution in [1.82, 2.24) is 0 Å². The number of hydrogen-bond acceptors (Lipinski definition) is 2. The van der Waals surface area contributed by atoms with Gasteiger partial charge < -0.3 is 4.90 Å². The van der Waals surface area contributed by atoms with Crippen molar-refractivity contribution in [1.29, 1.82) is 5.26 Å². The largest absolute Gasteiger partial charge is 0.363 e. The summed E-state index contributed by atoms with van der Waals surface area (Å²) in [5.41, 5.74) is 0.868. The van der Waals surface area contributed by atoms with E-state index in [0.717, 1.165) is 17.7 Å². The van der Waals surface area contributed by atoms with Crippen LogP contribution < -0.4 is 4.90 Å². The Labute approximate surface area is 116 Å². The molecule has 2 rings (SSSR count). The van der Waals surface area contributed by atoms with E-state index in [-0.39, 0.29) is 11.3 Å². The lowest BCUT2D eigenvalue weighted by atomic mass is 10.1. The Balaban J connectivity index is 2.35. The summed E-state index contributed by atoms with van der Waals surface area (Å²) in [6.45, 7) is 2.71. The first-order valence-electron chi connectivity index (χ1n) is 6.33. The summed E-state index contributed by atoms with van der Waals surface area (Å²) in [4.78, 5) is 1.61. The van der Waals surface area contributed by atoms with E-state index >= 15 is 0 Å². The lowest BCUT2D eigenvalue weighted by Gasteiger charge is -2.24. The molecule has 0 aliphatic heterocycles. The van der Waals surface area contributed by atoms with Crippen LogP contribution in [0.4, 0.5) is 14.5 Å². The van der Waals surface area contributed by atoms with Gasteiger partial charge in [-0.3, -0.25) is 0 Å². The van der Waals surface area contributed by atoms with Crippen LogP contribution in [0.25, 0.3) is 0 Å². The highest BCUT2D eigenvalue weighted by Crippen LogP contribution is 2.26. The molecular formula is C16H14F2N2. The Hall–Kier alpha value is -2.41. The van der Waals surface area contributed by atoms with E-state index in [4.69, 9.17) is 5.26 Å². The summed E-state index contributed by atoms with van der Waals surface area (Å²) in [6, 6.07) is 13.3. The van der Waals surface area contributed by atoms with Crippen molar-refractivity contribution in [2.75, 3.05) is 11.4 Å². The molecular weight excluding hydrogens is 258 g/mol. The van der Waals surface area contributed by atoms with E-state index in [1.165, 1.54) is 0 Å². The van der Waals surface area contributed by atoms with Gasteiger partial charge in [0, 0.05) is 13.1 Å². The number of rotatable bonds is 4. The average molecular weight is 272 g/mol. The van der Waals surface area contributed by atoms with Gasteiger partial charge >= 0.3 is 0 Å². The smallest absolute Gasteiger partial charge is 0.150 e. The van der Waals surface area contributed by atoms with Crippen molar-refractivity contribution in [3.8, 4) is 6.07 Å². The minimum atomic E-state index is -0.709. The van der Waals surface area contributed by atoms with Gasteiger partial charge in [0.15, 0.2) is 11.6 Å². The molecule has 0 aromatic heterocycles. The predicted octanol–water partition coefficient (Wildman–Crippen LogP) is 3.86. The third-order valence-corrected chi connectivity index (χ3v) is 3.06. The Morgan fingerprint density at radius 1 is 1.10 bits per heavy atom. The zero-order chi connectivity index (χ0) is 14.5. The monoisotopic (exact) mass is 272 g/mol. The second kappa shape index (κ2) is 6.16. The predicted molar refractivity (Wildman–Crippen MR) is 74.2 cm³/mol. The molecule has 0 bridgehead atoms. The Kier molecular flexibility index (Phi) is 4.31. The van der Waals surface area contributed by atoms with Crippen LogP contribution in [0.2, 0.25) is 0 Å². The SMILES string of the molecule is CCN(Cc1ccccc1)c1c(F)cc(C#N)cc1F. The Bertz CT molecular complexity index is 610. The minimum Gasteiger partial charge on any atom is -0.363 e. The summed E-state index contributed by atoms with van der Waals surface area (Å²) in [5.74, 6) is -1.42. The van der Waals surface area contributed by atoms with Crippen LogP contribution in [0.5, 0.6) is 0 Å². The maximum atomic E-state index is 14.0. The van der Waals surface area contributed by atoms with Gasteiger partial charge in [0.05, 0.1) is 11.6 Å². The zero-order valence-corrected chi connectivity index (χ0v) is 11.1. The zero-order valence-electron chi connectivity index (χ0n) is 11.1. The standard InChI is InChI=1S/C16H14F2N2/c1-2-20(11-12-6-4-3-5-7-12)16-14(17)8-13(10-19)9-15(16)18/h3-9H,2,11H2,1H3. The highest BCUT2D eigenvalue weighted by Gasteiger charge is 2.17. The van der Waals surface area contributed by atoms with Crippen molar-refractivity contribution < 1.29 is 8.78 Å². The fraction of sp³-hybridized carbons (Fsp3) is 0.188. The lowest BCUT2D eigenvalue weighted by molar-refractivity contribution is 0.570. The molecule has 0 spiro atoms. The van der Waals surface area contributed by atoms with Crippen molar-refractivity contribution >= 4 is 5.69 Å². The molecule has 0 saturated carbocycles. The van der Waals surface area contributed by atoms with Crippen molar-refractivity contribution in [2.24, 2.45) is 0 Å². The van der Waals surface area contributed by atoms with Crippen molar-refractivity contribution in [3.05, 3.63) is 65.2 Å². The molecule has 0 amide bonds. The quantitative estimate of drug-likeness (QED) is 0.845.